The Hall–Kier alpha value is -1.39. The number of nitrogens with zero attached hydrogens (tertiary/aromatic N) is 1. The Labute approximate surface area is 120 Å². The third-order valence-corrected chi connectivity index (χ3v) is 2.66. The van der Waals surface area contributed by atoms with Gasteiger partial charge in [0, 0.05) is 16.6 Å². The molecule has 1 aromatic heterocycles. The molecule has 1 heterocycles. The lowest BCUT2D eigenvalue weighted by atomic mass is 10.3. The fraction of sp³-hybridized carbons (Fsp3) is 0.0769. The Bertz CT molecular complexity index is 502. The molecule has 5 heteroatoms. The van der Waals surface area contributed by atoms with Gasteiger partial charge in [-0.05, 0) is 24.3 Å². The molecule has 2 aromatic rings. The van der Waals surface area contributed by atoms with Gasteiger partial charge >= 0.3 is 5.97 Å². The molecule has 1 aromatic carbocycles. The van der Waals surface area contributed by atoms with Gasteiger partial charge in [-0.1, -0.05) is 22.0 Å². The summed E-state index contributed by atoms with van der Waals surface area (Å²) < 4.78 is 7.91. The van der Waals surface area contributed by atoms with Crippen LogP contribution in [-0.4, -0.2) is 5.97 Å². The van der Waals surface area contributed by atoms with E-state index in [1.165, 1.54) is 0 Å². The van der Waals surface area contributed by atoms with Crippen LogP contribution in [0.15, 0.2) is 59.3 Å². The maximum Gasteiger partial charge on any atom is 0.378 e. The van der Waals surface area contributed by atoms with E-state index in [1.807, 2.05) is 42.7 Å². The molecule has 0 saturated carbocycles. The topological polar surface area (TPSA) is 30.2 Å². The Morgan fingerprint density at radius 3 is 2.33 bits per heavy atom. The predicted octanol–water partition coefficient (Wildman–Crippen LogP) is 2.76. The van der Waals surface area contributed by atoms with Crippen molar-refractivity contribution in [1.82, 2.24) is 0 Å². The molecule has 18 heavy (non-hydrogen) atoms. The van der Waals surface area contributed by atoms with Gasteiger partial charge in [0.25, 0.3) is 0 Å². The average molecular weight is 330 g/mol. The molecule has 0 aliphatic carbocycles. The van der Waals surface area contributed by atoms with Crippen LogP contribution in [0.3, 0.4) is 0 Å². The van der Waals surface area contributed by atoms with Crippen molar-refractivity contribution in [3.63, 3.8) is 0 Å². The second kappa shape index (κ2) is 7.13. The number of aromatic nitrogens is 1. The summed E-state index contributed by atoms with van der Waals surface area (Å²) in [6, 6.07) is 12.8. The van der Waals surface area contributed by atoms with Crippen molar-refractivity contribution in [2.45, 2.75) is 6.54 Å². The minimum Gasteiger partial charge on any atom is -0.422 e. The molecule has 0 unspecified atom stereocenters. The quantitative estimate of drug-likeness (QED) is 0.492. The first-order valence-corrected chi connectivity index (χ1v) is 5.94. The fourth-order valence-electron chi connectivity index (χ4n) is 1.36. The van der Waals surface area contributed by atoms with Crippen molar-refractivity contribution >= 4 is 34.3 Å². The molecule has 0 radical (unpaired) electrons. The zero-order chi connectivity index (χ0) is 12.1. The molecule has 0 bridgehead atoms. The van der Waals surface area contributed by atoms with Crippen LogP contribution in [0.4, 0.5) is 0 Å². The third-order valence-electron chi connectivity index (χ3n) is 2.13. The molecule has 0 fully saturated rings. The fourth-order valence-corrected chi connectivity index (χ4v) is 1.62. The second-order valence-corrected chi connectivity index (χ2v) is 4.39. The standard InChI is InChI=1S/C13H11BrNO2.ClH/c14-11-4-6-12(7-5-11)17-13(16)10-15-8-2-1-3-9-15;/h1-9H,10H2;1H/q+1;. The molecule has 0 amide bonds. The van der Waals surface area contributed by atoms with E-state index in [9.17, 15) is 4.79 Å². The number of rotatable bonds is 3. The number of esters is 1. The van der Waals surface area contributed by atoms with Crippen LogP contribution >= 0.6 is 28.3 Å². The smallest absolute Gasteiger partial charge is 0.378 e. The molecule has 2 rings (SSSR count). The Kier molecular flexibility index (Phi) is 5.82. The number of benzene rings is 1. The van der Waals surface area contributed by atoms with Crippen molar-refractivity contribution in [2.75, 3.05) is 0 Å². The number of hydrogen-bond donors (Lipinski definition) is 0. The van der Waals surface area contributed by atoms with Crippen LogP contribution in [0, 0.1) is 0 Å². The lowest BCUT2D eigenvalue weighted by molar-refractivity contribution is -0.685. The lowest BCUT2D eigenvalue weighted by Gasteiger charge is -2.01. The van der Waals surface area contributed by atoms with Gasteiger partial charge in [0.1, 0.15) is 5.75 Å². The van der Waals surface area contributed by atoms with Crippen LogP contribution in [-0.2, 0) is 11.3 Å². The van der Waals surface area contributed by atoms with Crippen molar-refractivity contribution in [2.24, 2.45) is 0 Å². The normalized spacial score (nSPS) is 9.39. The van der Waals surface area contributed by atoms with Gasteiger partial charge in [-0.15, -0.1) is 12.4 Å². The predicted molar refractivity (Wildman–Crippen MR) is 73.7 cm³/mol. The molecule has 3 nitrogen and oxygen atoms in total. The maximum absolute atomic E-state index is 11.6. The maximum atomic E-state index is 11.6. The van der Waals surface area contributed by atoms with Crippen molar-refractivity contribution < 1.29 is 14.1 Å². The van der Waals surface area contributed by atoms with E-state index in [2.05, 4.69) is 15.9 Å². The Balaban J connectivity index is 0.00000162. The van der Waals surface area contributed by atoms with Gasteiger partial charge in [0.05, 0.1) is 0 Å². The summed E-state index contributed by atoms with van der Waals surface area (Å²) in [5.74, 6) is 0.262. The van der Waals surface area contributed by atoms with Gasteiger partial charge in [0.2, 0.25) is 6.54 Å². The molecule has 94 valence electrons. The Morgan fingerprint density at radius 2 is 1.72 bits per heavy atom. The van der Waals surface area contributed by atoms with Crippen molar-refractivity contribution in [3.8, 4) is 5.75 Å². The molecule has 0 aliphatic rings. The molecule has 0 N–H and O–H groups in total. The van der Waals surface area contributed by atoms with Gasteiger partial charge in [0.15, 0.2) is 12.4 Å². The summed E-state index contributed by atoms with van der Waals surface area (Å²) in [6.45, 7) is 0.205. The van der Waals surface area contributed by atoms with Crippen molar-refractivity contribution in [3.05, 3.63) is 59.3 Å². The number of ether oxygens (including phenoxy) is 1. The molecular formula is C13H12BrClNO2+. The zero-order valence-corrected chi connectivity index (χ0v) is 11.9. The van der Waals surface area contributed by atoms with E-state index in [-0.39, 0.29) is 24.9 Å². The number of pyridine rings is 1. The van der Waals surface area contributed by atoms with Gasteiger partial charge in [-0.3, -0.25) is 0 Å². The van der Waals surface area contributed by atoms with Gasteiger partial charge in [-0.25, -0.2) is 4.79 Å². The van der Waals surface area contributed by atoms with E-state index < -0.39 is 0 Å². The van der Waals surface area contributed by atoms with Gasteiger partial charge < -0.3 is 4.74 Å². The summed E-state index contributed by atoms with van der Waals surface area (Å²) in [6.07, 6.45) is 3.64. The highest BCUT2D eigenvalue weighted by Gasteiger charge is 2.10. The largest absolute Gasteiger partial charge is 0.422 e. The third kappa shape index (κ3) is 4.47. The van der Waals surface area contributed by atoms with Crippen molar-refractivity contribution in [1.29, 1.82) is 0 Å². The second-order valence-electron chi connectivity index (χ2n) is 3.48. The first kappa shape index (κ1) is 14.7. The summed E-state index contributed by atoms with van der Waals surface area (Å²) in [4.78, 5) is 11.6. The highest BCUT2D eigenvalue weighted by atomic mass is 79.9. The average Bonchev–Trinajstić information content (AvgIpc) is 2.33. The summed E-state index contributed by atoms with van der Waals surface area (Å²) in [5.41, 5.74) is 0. The van der Waals surface area contributed by atoms with Gasteiger partial charge in [-0.2, -0.15) is 4.57 Å². The highest BCUT2D eigenvalue weighted by molar-refractivity contribution is 9.10. The molecule has 0 spiro atoms. The summed E-state index contributed by atoms with van der Waals surface area (Å²) in [7, 11) is 0. The monoisotopic (exact) mass is 328 g/mol. The number of hydrogen-bond acceptors (Lipinski definition) is 2. The summed E-state index contributed by atoms with van der Waals surface area (Å²) in [5, 5.41) is 0. The molecule has 0 saturated heterocycles. The lowest BCUT2D eigenvalue weighted by Crippen LogP contribution is -2.38. The van der Waals surface area contributed by atoms with E-state index in [1.54, 1.807) is 16.7 Å². The van der Waals surface area contributed by atoms with E-state index in [4.69, 9.17) is 4.74 Å². The van der Waals surface area contributed by atoms with Crippen LogP contribution in [0.1, 0.15) is 0 Å². The zero-order valence-electron chi connectivity index (χ0n) is 9.45. The number of carbonyl (C=O) groups is 1. The first-order valence-electron chi connectivity index (χ1n) is 5.14. The minimum absolute atomic E-state index is 0. The van der Waals surface area contributed by atoms with E-state index >= 15 is 0 Å². The molecule has 0 aliphatic heterocycles. The van der Waals surface area contributed by atoms with E-state index in [0.29, 0.717) is 5.75 Å². The van der Waals surface area contributed by atoms with Crippen LogP contribution in [0.25, 0.3) is 0 Å². The van der Waals surface area contributed by atoms with E-state index in [0.717, 1.165) is 4.47 Å². The first-order chi connectivity index (χ1) is 8.24. The number of carbonyl (C=O) groups excluding carboxylic acids is 1. The van der Waals surface area contributed by atoms with Crippen LogP contribution in [0.5, 0.6) is 5.75 Å². The molecule has 0 atom stereocenters. The minimum atomic E-state index is -0.288. The number of halogens is 2. The van der Waals surface area contributed by atoms with Crippen LogP contribution < -0.4 is 9.30 Å². The van der Waals surface area contributed by atoms with Crippen LogP contribution in [0.2, 0.25) is 0 Å². The Morgan fingerprint density at radius 1 is 1.11 bits per heavy atom. The summed E-state index contributed by atoms with van der Waals surface area (Å²) >= 11 is 3.32. The SMILES string of the molecule is Cl.O=C(C[n+]1ccccc1)Oc1ccc(Br)cc1. The highest BCUT2D eigenvalue weighted by Crippen LogP contribution is 2.16. The molecular weight excluding hydrogens is 318 g/mol.